The second kappa shape index (κ2) is 5.75. The van der Waals surface area contributed by atoms with Crippen LogP contribution >= 0.6 is 0 Å². The van der Waals surface area contributed by atoms with Gasteiger partial charge in [0.05, 0.1) is 7.11 Å². The zero-order chi connectivity index (χ0) is 13.1. The Morgan fingerprint density at radius 3 is 2.56 bits per heavy atom. The number of nitrogens with one attached hydrogen (secondary N) is 1. The van der Waals surface area contributed by atoms with Gasteiger partial charge in [-0.25, -0.2) is 0 Å². The SMILES string of the molecule is COc1ccc(C(C)C)cc1CC(C)NC1CC1. The van der Waals surface area contributed by atoms with Crippen LogP contribution in [0.3, 0.4) is 0 Å². The number of hydrogen-bond acceptors (Lipinski definition) is 2. The summed E-state index contributed by atoms with van der Waals surface area (Å²) >= 11 is 0. The lowest BCUT2D eigenvalue weighted by atomic mass is 9.97. The van der Waals surface area contributed by atoms with Crippen molar-refractivity contribution in [2.75, 3.05) is 7.11 Å². The van der Waals surface area contributed by atoms with Crippen LogP contribution in [0.15, 0.2) is 18.2 Å². The number of hydrogen-bond donors (Lipinski definition) is 1. The summed E-state index contributed by atoms with van der Waals surface area (Å²) in [6.07, 6.45) is 3.72. The summed E-state index contributed by atoms with van der Waals surface area (Å²) in [5, 5.41) is 3.65. The van der Waals surface area contributed by atoms with Crippen molar-refractivity contribution >= 4 is 0 Å². The average Bonchev–Trinajstić information content (AvgIpc) is 3.12. The topological polar surface area (TPSA) is 21.3 Å². The van der Waals surface area contributed by atoms with Crippen LogP contribution in [0.1, 0.15) is 50.7 Å². The van der Waals surface area contributed by atoms with Crippen molar-refractivity contribution in [3.8, 4) is 5.75 Å². The maximum atomic E-state index is 5.47. The van der Waals surface area contributed by atoms with Crippen LogP contribution in [-0.4, -0.2) is 19.2 Å². The molecule has 2 rings (SSSR count). The Hall–Kier alpha value is -1.02. The van der Waals surface area contributed by atoms with Gasteiger partial charge in [-0.1, -0.05) is 26.0 Å². The van der Waals surface area contributed by atoms with E-state index in [2.05, 4.69) is 44.3 Å². The van der Waals surface area contributed by atoms with E-state index in [0.29, 0.717) is 12.0 Å². The third-order valence-electron chi connectivity index (χ3n) is 3.59. The Labute approximate surface area is 111 Å². The van der Waals surface area contributed by atoms with Crippen LogP contribution < -0.4 is 10.1 Å². The number of benzene rings is 1. The van der Waals surface area contributed by atoms with Gasteiger partial charge in [0.2, 0.25) is 0 Å². The predicted molar refractivity (Wildman–Crippen MR) is 76.4 cm³/mol. The molecule has 1 unspecified atom stereocenters. The van der Waals surface area contributed by atoms with Crippen LogP contribution in [0, 0.1) is 0 Å². The molecule has 0 heterocycles. The predicted octanol–water partition coefficient (Wildman–Crippen LogP) is 3.50. The Morgan fingerprint density at radius 1 is 1.28 bits per heavy atom. The normalized spacial score (nSPS) is 16.9. The number of ether oxygens (including phenoxy) is 1. The smallest absolute Gasteiger partial charge is 0.122 e. The largest absolute Gasteiger partial charge is 0.496 e. The fourth-order valence-electron chi connectivity index (χ4n) is 2.36. The quantitative estimate of drug-likeness (QED) is 0.830. The van der Waals surface area contributed by atoms with Crippen LogP contribution in [0.5, 0.6) is 5.75 Å². The zero-order valence-corrected chi connectivity index (χ0v) is 12.0. The van der Waals surface area contributed by atoms with E-state index < -0.39 is 0 Å². The second-order valence-electron chi connectivity index (χ2n) is 5.77. The Balaban J connectivity index is 2.09. The molecular formula is C16H25NO. The molecule has 0 radical (unpaired) electrons. The van der Waals surface area contributed by atoms with Gasteiger partial charge in [0.25, 0.3) is 0 Å². The lowest BCUT2D eigenvalue weighted by Crippen LogP contribution is -2.30. The molecule has 1 aliphatic rings. The van der Waals surface area contributed by atoms with Gasteiger partial charge in [-0.05, 0) is 49.3 Å². The summed E-state index contributed by atoms with van der Waals surface area (Å²) in [5.74, 6) is 1.59. The van der Waals surface area contributed by atoms with Crippen molar-refractivity contribution in [2.45, 2.75) is 58.0 Å². The van der Waals surface area contributed by atoms with E-state index in [1.165, 1.54) is 24.0 Å². The standard InChI is InChI=1S/C16H25NO/c1-11(2)13-5-8-16(18-4)14(10-13)9-12(3)17-15-6-7-15/h5,8,10-12,15,17H,6-7,9H2,1-4H3. The first-order chi connectivity index (χ1) is 8.60. The van der Waals surface area contributed by atoms with Crippen molar-refractivity contribution in [1.29, 1.82) is 0 Å². The van der Waals surface area contributed by atoms with E-state index in [0.717, 1.165) is 18.2 Å². The second-order valence-corrected chi connectivity index (χ2v) is 5.77. The molecule has 18 heavy (non-hydrogen) atoms. The first-order valence-corrected chi connectivity index (χ1v) is 7.03. The highest BCUT2D eigenvalue weighted by Gasteiger charge is 2.23. The van der Waals surface area contributed by atoms with Crippen molar-refractivity contribution in [1.82, 2.24) is 5.32 Å². The summed E-state index contributed by atoms with van der Waals surface area (Å²) in [7, 11) is 1.76. The molecule has 1 aliphatic carbocycles. The lowest BCUT2D eigenvalue weighted by molar-refractivity contribution is 0.405. The lowest BCUT2D eigenvalue weighted by Gasteiger charge is -2.17. The van der Waals surface area contributed by atoms with Crippen molar-refractivity contribution in [3.05, 3.63) is 29.3 Å². The van der Waals surface area contributed by atoms with Crippen LogP contribution in [0.2, 0.25) is 0 Å². The Morgan fingerprint density at radius 2 is 2.00 bits per heavy atom. The highest BCUT2D eigenvalue weighted by Crippen LogP contribution is 2.26. The molecule has 0 amide bonds. The van der Waals surface area contributed by atoms with Gasteiger partial charge in [-0.15, -0.1) is 0 Å². The summed E-state index contributed by atoms with van der Waals surface area (Å²) in [6.45, 7) is 6.73. The van der Waals surface area contributed by atoms with E-state index in [1.54, 1.807) is 7.11 Å². The maximum absolute atomic E-state index is 5.47. The molecule has 0 saturated heterocycles. The van der Waals surface area contributed by atoms with Gasteiger partial charge >= 0.3 is 0 Å². The van der Waals surface area contributed by atoms with Gasteiger partial charge < -0.3 is 10.1 Å². The van der Waals surface area contributed by atoms with Crippen molar-refractivity contribution in [2.24, 2.45) is 0 Å². The molecule has 0 spiro atoms. The molecule has 1 aromatic carbocycles. The van der Waals surface area contributed by atoms with Crippen molar-refractivity contribution in [3.63, 3.8) is 0 Å². The monoisotopic (exact) mass is 247 g/mol. The van der Waals surface area contributed by atoms with Gasteiger partial charge in [-0.2, -0.15) is 0 Å². The molecule has 100 valence electrons. The summed E-state index contributed by atoms with van der Waals surface area (Å²) < 4.78 is 5.47. The highest BCUT2D eigenvalue weighted by molar-refractivity contribution is 5.39. The molecule has 1 N–H and O–H groups in total. The van der Waals surface area contributed by atoms with E-state index in [-0.39, 0.29) is 0 Å². The first-order valence-electron chi connectivity index (χ1n) is 7.03. The summed E-state index contributed by atoms with van der Waals surface area (Å²) in [6, 6.07) is 7.86. The molecule has 1 saturated carbocycles. The number of rotatable bonds is 6. The Kier molecular flexibility index (Phi) is 4.28. The van der Waals surface area contributed by atoms with Gasteiger partial charge in [0, 0.05) is 12.1 Å². The van der Waals surface area contributed by atoms with Gasteiger partial charge in [-0.3, -0.25) is 0 Å². The highest BCUT2D eigenvalue weighted by atomic mass is 16.5. The average molecular weight is 247 g/mol. The van der Waals surface area contributed by atoms with Gasteiger partial charge in [0.1, 0.15) is 5.75 Å². The molecule has 1 fully saturated rings. The first kappa shape index (κ1) is 13.4. The number of methoxy groups -OCH3 is 1. The van der Waals surface area contributed by atoms with E-state index in [1.807, 2.05) is 0 Å². The maximum Gasteiger partial charge on any atom is 0.122 e. The zero-order valence-electron chi connectivity index (χ0n) is 12.0. The third-order valence-corrected chi connectivity index (χ3v) is 3.59. The molecule has 2 nitrogen and oxygen atoms in total. The molecule has 0 aromatic heterocycles. The molecule has 0 bridgehead atoms. The van der Waals surface area contributed by atoms with Gasteiger partial charge in [0.15, 0.2) is 0 Å². The molecule has 1 atom stereocenters. The third kappa shape index (κ3) is 3.49. The minimum Gasteiger partial charge on any atom is -0.496 e. The molecule has 1 aromatic rings. The Bertz CT molecular complexity index is 396. The minimum absolute atomic E-state index is 0.522. The molecule has 0 aliphatic heterocycles. The van der Waals surface area contributed by atoms with E-state index in [9.17, 15) is 0 Å². The molecular weight excluding hydrogens is 222 g/mol. The summed E-state index contributed by atoms with van der Waals surface area (Å²) in [4.78, 5) is 0. The van der Waals surface area contributed by atoms with Crippen LogP contribution in [-0.2, 0) is 6.42 Å². The van der Waals surface area contributed by atoms with E-state index in [4.69, 9.17) is 4.74 Å². The van der Waals surface area contributed by atoms with Crippen LogP contribution in [0.4, 0.5) is 0 Å². The van der Waals surface area contributed by atoms with Crippen molar-refractivity contribution < 1.29 is 4.74 Å². The van der Waals surface area contributed by atoms with Crippen LogP contribution in [0.25, 0.3) is 0 Å². The fraction of sp³-hybridized carbons (Fsp3) is 0.625. The van der Waals surface area contributed by atoms with E-state index >= 15 is 0 Å². The fourth-order valence-corrected chi connectivity index (χ4v) is 2.36. The minimum atomic E-state index is 0.522. The summed E-state index contributed by atoms with van der Waals surface area (Å²) in [5.41, 5.74) is 2.72. The molecule has 2 heteroatoms.